The molecule has 1 heterocycles. The van der Waals surface area contributed by atoms with Crippen molar-refractivity contribution >= 4 is 32.8 Å². The van der Waals surface area contributed by atoms with Gasteiger partial charge in [0.1, 0.15) is 16.5 Å². The number of hydrogen-bond donors (Lipinski definition) is 1. The smallest absolute Gasteiger partial charge is 0.186 e. The van der Waals surface area contributed by atoms with Gasteiger partial charge in [0.05, 0.1) is 21.2 Å². The number of thiazole rings is 1. The van der Waals surface area contributed by atoms with Crippen molar-refractivity contribution in [1.82, 2.24) is 4.98 Å². The van der Waals surface area contributed by atoms with E-state index < -0.39 is 37.9 Å². The van der Waals surface area contributed by atoms with Gasteiger partial charge in [0, 0.05) is 23.4 Å². The molecule has 0 fully saturated rings. The minimum absolute atomic E-state index is 0.0767. The molecule has 31 heavy (non-hydrogen) atoms. The number of hydrogen-bond acceptors (Lipinski definition) is 5. The van der Waals surface area contributed by atoms with Crippen LogP contribution in [0.2, 0.25) is 5.02 Å². The number of benzene rings is 3. The highest BCUT2D eigenvalue weighted by atomic mass is 35.5. The molecule has 0 aliphatic carbocycles. The van der Waals surface area contributed by atoms with Crippen molar-refractivity contribution < 1.29 is 22.3 Å². The highest BCUT2D eigenvalue weighted by molar-refractivity contribution is 7.90. The van der Waals surface area contributed by atoms with Crippen molar-refractivity contribution in [3.05, 3.63) is 88.5 Å². The van der Waals surface area contributed by atoms with Gasteiger partial charge in [-0.3, -0.25) is 4.98 Å². The van der Waals surface area contributed by atoms with E-state index in [0.29, 0.717) is 22.1 Å². The van der Waals surface area contributed by atoms with E-state index in [0.717, 1.165) is 0 Å². The van der Waals surface area contributed by atoms with E-state index in [2.05, 4.69) is 4.98 Å². The van der Waals surface area contributed by atoms with Crippen molar-refractivity contribution in [2.75, 3.05) is 0 Å². The maximum Gasteiger partial charge on any atom is 0.186 e. The molecule has 0 bridgehead atoms. The molecule has 158 valence electrons. The zero-order chi connectivity index (χ0) is 22.2. The largest absolute Gasteiger partial charge is 0.505 e. The molecule has 9 heteroatoms. The van der Waals surface area contributed by atoms with Crippen molar-refractivity contribution in [2.24, 2.45) is 0 Å². The van der Waals surface area contributed by atoms with Crippen LogP contribution in [0.1, 0.15) is 5.56 Å². The summed E-state index contributed by atoms with van der Waals surface area (Å²) >= 11 is 7.32. The Hall–Kier alpha value is -2.81. The Morgan fingerprint density at radius 2 is 1.74 bits per heavy atom. The second-order valence-corrected chi connectivity index (χ2v) is 9.97. The van der Waals surface area contributed by atoms with Gasteiger partial charge in [-0.05, 0) is 29.3 Å². The summed E-state index contributed by atoms with van der Waals surface area (Å²) in [6.07, 6.45) is 1.54. The topological polar surface area (TPSA) is 67.3 Å². The first-order chi connectivity index (χ1) is 14.8. The molecule has 1 N–H and O–H groups in total. The predicted molar refractivity (Wildman–Crippen MR) is 117 cm³/mol. The highest BCUT2D eigenvalue weighted by Gasteiger charge is 2.25. The molecule has 1 aromatic heterocycles. The fourth-order valence-electron chi connectivity index (χ4n) is 3.14. The van der Waals surface area contributed by atoms with Crippen LogP contribution in [-0.4, -0.2) is 18.5 Å². The van der Waals surface area contributed by atoms with Gasteiger partial charge in [0.25, 0.3) is 0 Å². The average molecular weight is 478 g/mol. The molecule has 0 amide bonds. The summed E-state index contributed by atoms with van der Waals surface area (Å²) in [5, 5.41) is 10.1. The second-order valence-electron chi connectivity index (χ2n) is 6.72. The maximum atomic E-state index is 14.5. The van der Waals surface area contributed by atoms with Gasteiger partial charge in [0.15, 0.2) is 15.6 Å². The number of aromatic nitrogens is 1. The van der Waals surface area contributed by atoms with Crippen molar-refractivity contribution in [3.8, 4) is 27.3 Å². The van der Waals surface area contributed by atoms with Gasteiger partial charge < -0.3 is 5.11 Å². The molecule has 0 unspecified atom stereocenters. The molecule has 0 saturated carbocycles. The minimum Gasteiger partial charge on any atom is -0.505 e. The van der Waals surface area contributed by atoms with Crippen LogP contribution in [0.4, 0.5) is 8.78 Å². The Kier molecular flexibility index (Phi) is 5.79. The lowest BCUT2D eigenvalue weighted by atomic mass is 10.0. The third kappa shape index (κ3) is 4.32. The average Bonchev–Trinajstić information content (AvgIpc) is 3.27. The lowest BCUT2D eigenvalue weighted by molar-refractivity contribution is 0.459. The molecule has 0 atom stereocenters. The maximum absolute atomic E-state index is 14.5. The molecular formula is C22H14ClF2NO3S2. The van der Waals surface area contributed by atoms with E-state index in [4.69, 9.17) is 11.6 Å². The second kappa shape index (κ2) is 8.37. The molecule has 0 saturated heterocycles. The zero-order valence-corrected chi connectivity index (χ0v) is 18.1. The summed E-state index contributed by atoms with van der Waals surface area (Å²) in [6, 6.07) is 12.9. The van der Waals surface area contributed by atoms with Gasteiger partial charge in [-0.15, -0.1) is 11.3 Å². The fourth-order valence-corrected chi connectivity index (χ4v) is 5.52. The van der Waals surface area contributed by atoms with Crippen LogP contribution in [0.15, 0.2) is 71.2 Å². The SMILES string of the molecule is O=S(=O)(Cc1cc(-c2ccccc2)c(F)cc1F)c1cc(-c2cncs2)cc(Cl)c1O. The van der Waals surface area contributed by atoms with Crippen molar-refractivity contribution in [1.29, 1.82) is 0 Å². The first-order valence-electron chi connectivity index (χ1n) is 8.94. The number of halogens is 3. The molecule has 4 nitrogen and oxygen atoms in total. The van der Waals surface area contributed by atoms with Crippen LogP contribution >= 0.6 is 22.9 Å². The summed E-state index contributed by atoms with van der Waals surface area (Å²) in [5.41, 5.74) is 2.36. The molecule has 3 aromatic carbocycles. The highest BCUT2D eigenvalue weighted by Crippen LogP contribution is 2.38. The van der Waals surface area contributed by atoms with E-state index in [1.807, 2.05) is 0 Å². The molecule has 0 radical (unpaired) electrons. The summed E-state index contributed by atoms with van der Waals surface area (Å²) < 4.78 is 55.0. The molecule has 4 aromatic rings. The molecule has 4 rings (SSSR count). The Balaban J connectivity index is 1.78. The standard InChI is InChI=1S/C22H14ClF2NO3S2/c23-17-7-14(20-10-26-12-30-20)8-21(22(17)27)31(28,29)11-15-6-16(19(25)9-18(15)24)13-4-2-1-3-5-13/h1-10,12,27H,11H2. The summed E-state index contributed by atoms with van der Waals surface area (Å²) in [4.78, 5) is 4.16. The number of sulfone groups is 1. The molecular weight excluding hydrogens is 464 g/mol. The predicted octanol–water partition coefficient (Wildman–Crippen LogP) is 6.09. The van der Waals surface area contributed by atoms with Gasteiger partial charge >= 0.3 is 0 Å². The molecule has 0 spiro atoms. The Bertz CT molecular complexity index is 1360. The van der Waals surface area contributed by atoms with Crippen LogP contribution in [0, 0.1) is 11.6 Å². The van der Waals surface area contributed by atoms with Crippen LogP contribution < -0.4 is 0 Å². The lowest BCUT2D eigenvalue weighted by Gasteiger charge is -2.12. The summed E-state index contributed by atoms with van der Waals surface area (Å²) in [7, 11) is -4.23. The van der Waals surface area contributed by atoms with E-state index in [1.165, 1.54) is 35.7 Å². The van der Waals surface area contributed by atoms with Crippen LogP contribution in [0.3, 0.4) is 0 Å². The third-order valence-corrected chi connectivity index (χ3v) is 7.43. The first-order valence-corrected chi connectivity index (χ1v) is 11.8. The van der Waals surface area contributed by atoms with Crippen LogP contribution in [-0.2, 0) is 15.6 Å². The fraction of sp³-hybridized carbons (Fsp3) is 0.0455. The van der Waals surface area contributed by atoms with Crippen LogP contribution in [0.5, 0.6) is 5.75 Å². The van der Waals surface area contributed by atoms with Gasteiger partial charge in [0.2, 0.25) is 0 Å². The van der Waals surface area contributed by atoms with Crippen molar-refractivity contribution in [2.45, 2.75) is 10.6 Å². The Morgan fingerprint density at radius 3 is 2.42 bits per heavy atom. The first kappa shape index (κ1) is 21.4. The van der Waals surface area contributed by atoms with Gasteiger partial charge in [-0.25, -0.2) is 17.2 Å². The van der Waals surface area contributed by atoms with Gasteiger partial charge in [-0.2, -0.15) is 0 Å². The van der Waals surface area contributed by atoms with E-state index in [9.17, 15) is 22.3 Å². The van der Waals surface area contributed by atoms with Gasteiger partial charge in [-0.1, -0.05) is 41.9 Å². The monoisotopic (exact) mass is 477 g/mol. The summed E-state index contributed by atoms with van der Waals surface area (Å²) in [5.74, 6) is -3.21. The molecule has 0 aliphatic heterocycles. The molecule has 0 aliphatic rings. The minimum atomic E-state index is -4.23. The Morgan fingerprint density at radius 1 is 1.00 bits per heavy atom. The van der Waals surface area contributed by atoms with E-state index in [1.54, 1.807) is 35.8 Å². The number of nitrogens with zero attached hydrogens (tertiary/aromatic N) is 1. The van der Waals surface area contributed by atoms with Crippen molar-refractivity contribution in [3.63, 3.8) is 0 Å². The van der Waals surface area contributed by atoms with Crippen LogP contribution in [0.25, 0.3) is 21.6 Å². The number of rotatable bonds is 5. The zero-order valence-electron chi connectivity index (χ0n) is 15.7. The third-order valence-electron chi connectivity index (χ3n) is 4.65. The van der Waals surface area contributed by atoms with E-state index >= 15 is 0 Å². The normalized spacial score (nSPS) is 11.6. The van der Waals surface area contributed by atoms with E-state index in [-0.39, 0.29) is 16.1 Å². The number of phenolic OH excluding ortho intramolecular Hbond substituents is 1. The number of phenols is 1. The summed E-state index contributed by atoms with van der Waals surface area (Å²) in [6.45, 7) is 0. The quantitative estimate of drug-likeness (QED) is 0.378. The number of aromatic hydroxyl groups is 1. The Labute approximate surface area is 186 Å². The lowest BCUT2D eigenvalue weighted by Crippen LogP contribution is -2.08.